The van der Waals surface area contributed by atoms with Crippen LogP contribution < -0.4 is 11.1 Å². The zero-order valence-corrected chi connectivity index (χ0v) is 8.98. The number of nitrogens with one attached hydrogen (secondary N) is 1. The van der Waals surface area contributed by atoms with Gasteiger partial charge in [-0.1, -0.05) is 12.8 Å². The second-order valence-electron chi connectivity index (χ2n) is 4.84. The highest BCUT2D eigenvalue weighted by Crippen LogP contribution is 2.43. The summed E-state index contributed by atoms with van der Waals surface area (Å²) < 4.78 is 0. The molecule has 1 amide bonds. The van der Waals surface area contributed by atoms with E-state index in [0.717, 1.165) is 12.8 Å². The SMILES string of the molecule is NC1CCCCC1C1CC1NC(=O)CO. The second-order valence-corrected chi connectivity index (χ2v) is 4.84. The van der Waals surface area contributed by atoms with Crippen molar-refractivity contribution >= 4 is 5.91 Å². The zero-order valence-electron chi connectivity index (χ0n) is 8.98. The summed E-state index contributed by atoms with van der Waals surface area (Å²) in [6, 6.07) is 0.596. The zero-order chi connectivity index (χ0) is 10.8. The summed E-state index contributed by atoms with van der Waals surface area (Å²) in [6.45, 7) is -0.403. The van der Waals surface area contributed by atoms with Gasteiger partial charge in [-0.3, -0.25) is 4.79 Å². The van der Waals surface area contributed by atoms with Gasteiger partial charge in [0.1, 0.15) is 6.61 Å². The van der Waals surface area contributed by atoms with Gasteiger partial charge in [-0.05, 0) is 31.1 Å². The molecule has 0 aliphatic heterocycles. The molecule has 0 spiro atoms. The first-order chi connectivity index (χ1) is 7.22. The lowest BCUT2D eigenvalue weighted by Crippen LogP contribution is -2.37. The van der Waals surface area contributed by atoms with Gasteiger partial charge in [0.2, 0.25) is 5.91 Å². The Balaban J connectivity index is 1.79. The first-order valence-corrected chi connectivity index (χ1v) is 5.88. The van der Waals surface area contributed by atoms with E-state index in [1.54, 1.807) is 0 Å². The molecular weight excluding hydrogens is 192 g/mol. The van der Waals surface area contributed by atoms with Crippen LogP contribution in [0, 0.1) is 11.8 Å². The van der Waals surface area contributed by atoms with Gasteiger partial charge in [-0.25, -0.2) is 0 Å². The smallest absolute Gasteiger partial charge is 0.245 e. The predicted octanol–water partition coefficient (Wildman–Crippen LogP) is 0.000900. The topological polar surface area (TPSA) is 75.3 Å². The van der Waals surface area contributed by atoms with Gasteiger partial charge < -0.3 is 16.2 Å². The number of carbonyl (C=O) groups is 1. The number of hydrogen-bond acceptors (Lipinski definition) is 3. The largest absolute Gasteiger partial charge is 0.387 e. The minimum absolute atomic E-state index is 0.258. The van der Waals surface area contributed by atoms with Crippen molar-refractivity contribution in [1.82, 2.24) is 5.32 Å². The molecule has 0 saturated heterocycles. The third-order valence-corrected chi connectivity index (χ3v) is 3.75. The Hall–Kier alpha value is -0.610. The minimum Gasteiger partial charge on any atom is -0.387 e. The highest BCUT2D eigenvalue weighted by Gasteiger charge is 2.46. The molecule has 0 heterocycles. The first-order valence-electron chi connectivity index (χ1n) is 5.88. The van der Waals surface area contributed by atoms with E-state index in [-0.39, 0.29) is 11.9 Å². The van der Waals surface area contributed by atoms with E-state index in [0.29, 0.717) is 17.9 Å². The maximum atomic E-state index is 11.0. The summed E-state index contributed by atoms with van der Waals surface area (Å²) in [5.74, 6) is 0.894. The van der Waals surface area contributed by atoms with E-state index in [1.807, 2.05) is 0 Å². The van der Waals surface area contributed by atoms with Crippen molar-refractivity contribution in [3.8, 4) is 0 Å². The van der Waals surface area contributed by atoms with Gasteiger partial charge in [-0.2, -0.15) is 0 Å². The summed E-state index contributed by atoms with van der Waals surface area (Å²) >= 11 is 0. The third kappa shape index (κ3) is 2.49. The molecule has 0 aromatic heterocycles. The molecule has 0 aromatic rings. The van der Waals surface area contributed by atoms with Crippen LogP contribution in [0.1, 0.15) is 32.1 Å². The van der Waals surface area contributed by atoms with E-state index in [4.69, 9.17) is 10.8 Å². The number of carbonyl (C=O) groups excluding carboxylic acids is 1. The van der Waals surface area contributed by atoms with Gasteiger partial charge >= 0.3 is 0 Å². The number of nitrogens with two attached hydrogens (primary N) is 1. The molecule has 0 aromatic carbocycles. The van der Waals surface area contributed by atoms with Crippen molar-refractivity contribution in [2.45, 2.75) is 44.2 Å². The highest BCUT2D eigenvalue weighted by atomic mass is 16.3. The van der Waals surface area contributed by atoms with Crippen molar-refractivity contribution in [2.75, 3.05) is 6.61 Å². The summed E-state index contributed by atoms with van der Waals surface area (Å²) in [5.41, 5.74) is 6.08. The van der Waals surface area contributed by atoms with Crippen molar-refractivity contribution < 1.29 is 9.90 Å². The Bertz CT molecular complexity index is 245. The van der Waals surface area contributed by atoms with E-state index in [9.17, 15) is 4.79 Å². The molecule has 0 radical (unpaired) electrons. The number of rotatable bonds is 3. The molecule has 2 aliphatic carbocycles. The molecular formula is C11H20N2O2. The average molecular weight is 212 g/mol. The second kappa shape index (κ2) is 4.49. The molecule has 86 valence electrons. The monoisotopic (exact) mass is 212 g/mol. The molecule has 4 atom stereocenters. The van der Waals surface area contributed by atoms with E-state index in [1.165, 1.54) is 19.3 Å². The van der Waals surface area contributed by atoms with Gasteiger partial charge in [0.05, 0.1) is 0 Å². The van der Waals surface area contributed by atoms with Gasteiger partial charge in [-0.15, -0.1) is 0 Å². The number of hydrogen-bond donors (Lipinski definition) is 3. The van der Waals surface area contributed by atoms with Crippen LogP contribution in [0.5, 0.6) is 0 Å². The maximum absolute atomic E-state index is 11.0. The van der Waals surface area contributed by atoms with E-state index in [2.05, 4.69) is 5.32 Å². The predicted molar refractivity (Wildman–Crippen MR) is 57.1 cm³/mol. The Labute approximate surface area is 90.2 Å². The van der Waals surface area contributed by atoms with Crippen LogP contribution in [0.15, 0.2) is 0 Å². The lowest BCUT2D eigenvalue weighted by atomic mass is 9.81. The summed E-state index contributed by atoms with van der Waals surface area (Å²) in [4.78, 5) is 11.0. The Morgan fingerprint density at radius 3 is 2.73 bits per heavy atom. The molecule has 2 saturated carbocycles. The molecule has 15 heavy (non-hydrogen) atoms. The minimum atomic E-state index is -0.403. The number of aliphatic hydroxyl groups is 1. The first kappa shape index (κ1) is 10.9. The van der Waals surface area contributed by atoms with Crippen molar-refractivity contribution in [1.29, 1.82) is 0 Å². The normalized spacial score (nSPS) is 39.9. The van der Waals surface area contributed by atoms with Crippen molar-refractivity contribution in [3.05, 3.63) is 0 Å². The fourth-order valence-corrected chi connectivity index (χ4v) is 2.83. The fraction of sp³-hybridized carbons (Fsp3) is 0.909. The highest BCUT2D eigenvalue weighted by molar-refractivity contribution is 5.77. The molecule has 4 N–H and O–H groups in total. The fourth-order valence-electron chi connectivity index (χ4n) is 2.83. The average Bonchev–Trinajstić information content (AvgIpc) is 2.97. The van der Waals surface area contributed by atoms with Crippen LogP contribution in [0.2, 0.25) is 0 Å². The molecule has 4 nitrogen and oxygen atoms in total. The lowest BCUT2D eigenvalue weighted by Gasteiger charge is -2.28. The number of aliphatic hydroxyl groups excluding tert-OH is 1. The standard InChI is InChI=1S/C11H20N2O2/c12-9-4-2-1-3-7(9)8-5-10(8)13-11(15)6-14/h7-10,14H,1-6,12H2,(H,13,15). The van der Waals surface area contributed by atoms with Crippen LogP contribution in [-0.4, -0.2) is 29.7 Å². The van der Waals surface area contributed by atoms with Gasteiger partial charge in [0.25, 0.3) is 0 Å². The summed E-state index contributed by atoms with van der Waals surface area (Å²) in [6.07, 6.45) is 5.90. The van der Waals surface area contributed by atoms with Gasteiger partial charge in [0.15, 0.2) is 0 Å². The molecule has 2 fully saturated rings. The van der Waals surface area contributed by atoms with Crippen LogP contribution in [0.25, 0.3) is 0 Å². The molecule has 2 aliphatic rings. The molecule has 2 rings (SSSR count). The maximum Gasteiger partial charge on any atom is 0.245 e. The quantitative estimate of drug-likeness (QED) is 0.616. The van der Waals surface area contributed by atoms with E-state index >= 15 is 0 Å². The van der Waals surface area contributed by atoms with E-state index < -0.39 is 6.61 Å². The molecule has 0 bridgehead atoms. The van der Waals surface area contributed by atoms with Crippen molar-refractivity contribution in [2.24, 2.45) is 17.6 Å². The lowest BCUT2D eigenvalue weighted by molar-refractivity contribution is -0.124. The van der Waals surface area contributed by atoms with Crippen LogP contribution in [-0.2, 0) is 4.79 Å². The van der Waals surface area contributed by atoms with Crippen molar-refractivity contribution in [3.63, 3.8) is 0 Å². The van der Waals surface area contributed by atoms with Gasteiger partial charge in [0, 0.05) is 12.1 Å². The Kier molecular flexibility index (Phi) is 3.26. The van der Waals surface area contributed by atoms with Crippen LogP contribution in [0.4, 0.5) is 0 Å². The molecule has 4 heteroatoms. The molecule has 4 unspecified atom stereocenters. The van der Waals surface area contributed by atoms with Crippen LogP contribution >= 0.6 is 0 Å². The third-order valence-electron chi connectivity index (χ3n) is 3.75. The Morgan fingerprint density at radius 1 is 1.33 bits per heavy atom. The number of amides is 1. The Morgan fingerprint density at radius 2 is 2.07 bits per heavy atom. The summed E-state index contributed by atoms with van der Waals surface area (Å²) in [5, 5.41) is 11.5. The summed E-state index contributed by atoms with van der Waals surface area (Å²) in [7, 11) is 0. The van der Waals surface area contributed by atoms with Crippen LogP contribution in [0.3, 0.4) is 0 Å².